The summed E-state index contributed by atoms with van der Waals surface area (Å²) in [5, 5.41) is 0. The van der Waals surface area contributed by atoms with Gasteiger partial charge in [0, 0.05) is 12.8 Å². The van der Waals surface area contributed by atoms with E-state index in [4.69, 9.17) is 0 Å². The van der Waals surface area contributed by atoms with Crippen LogP contribution in [0.5, 0.6) is 0 Å². The van der Waals surface area contributed by atoms with Crippen LogP contribution in [-0.2, 0) is 0 Å². The van der Waals surface area contributed by atoms with E-state index < -0.39 is 0 Å². The first kappa shape index (κ1) is 11.3. The second-order valence-corrected chi connectivity index (χ2v) is 3.23. The van der Waals surface area contributed by atoms with Gasteiger partial charge in [0.15, 0.2) is 0 Å². The van der Waals surface area contributed by atoms with Gasteiger partial charge >= 0.3 is 0 Å². The summed E-state index contributed by atoms with van der Waals surface area (Å²) in [5.74, 6) is 23.3. The van der Waals surface area contributed by atoms with E-state index in [0.29, 0.717) is 13.1 Å². The highest BCUT2D eigenvalue weighted by atomic mass is 15.1. The number of nitrogens with zero attached hydrogens (tertiary/aromatic N) is 1. The van der Waals surface area contributed by atoms with Crippen molar-refractivity contribution in [2.75, 3.05) is 20.1 Å². The van der Waals surface area contributed by atoms with E-state index in [0.717, 1.165) is 19.3 Å². The number of hydrogen-bond acceptors (Lipinski definition) is 1. The lowest BCUT2D eigenvalue weighted by molar-refractivity contribution is 0.425. The predicted octanol–water partition coefficient (Wildman–Crippen LogP) is 1.12. The zero-order valence-corrected chi connectivity index (χ0v) is 8.98. The van der Waals surface area contributed by atoms with Crippen molar-refractivity contribution in [2.24, 2.45) is 0 Å². The standard InChI is InChI=1S/C14H13N/c1-15-13-11-9-7-5-3-2-4-6-8-10-12-14-15/h2-4,13-14H2,1H3. The topological polar surface area (TPSA) is 3.24 Å². The molecule has 0 atom stereocenters. The maximum absolute atomic E-state index is 3.01. The summed E-state index contributed by atoms with van der Waals surface area (Å²) in [7, 11) is 1.98. The summed E-state index contributed by atoms with van der Waals surface area (Å²) in [6, 6.07) is 0. The Morgan fingerprint density at radius 3 is 1.73 bits per heavy atom. The molecule has 1 heteroatoms. The van der Waals surface area contributed by atoms with Crippen LogP contribution in [-0.4, -0.2) is 25.0 Å². The molecule has 0 aromatic carbocycles. The fraction of sp³-hybridized carbons (Fsp3) is 0.429. The molecule has 1 aliphatic heterocycles. The first-order valence-electron chi connectivity index (χ1n) is 4.99. The van der Waals surface area contributed by atoms with Crippen molar-refractivity contribution >= 4 is 0 Å². The Morgan fingerprint density at radius 2 is 1.20 bits per heavy atom. The van der Waals surface area contributed by atoms with Gasteiger partial charge in [-0.1, -0.05) is 23.7 Å². The monoisotopic (exact) mass is 195 g/mol. The Morgan fingerprint density at radius 1 is 0.733 bits per heavy atom. The van der Waals surface area contributed by atoms with Crippen LogP contribution < -0.4 is 0 Å². The lowest BCUT2D eigenvalue weighted by atomic mass is 10.2. The number of hydrogen-bond donors (Lipinski definition) is 0. The SMILES string of the molecule is CN1CC#CC#CCCCC#CC#CC1. The van der Waals surface area contributed by atoms with Gasteiger partial charge in [-0.25, -0.2) is 0 Å². The second-order valence-electron chi connectivity index (χ2n) is 3.23. The van der Waals surface area contributed by atoms with E-state index in [1.165, 1.54) is 0 Å². The third-order valence-electron chi connectivity index (χ3n) is 1.78. The van der Waals surface area contributed by atoms with Crippen LogP contribution in [0.3, 0.4) is 0 Å². The third kappa shape index (κ3) is 6.29. The highest BCUT2D eigenvalue weighted by Gasteiger charge is 1.89. The van der Waals surface area contributed by atoms with Gasteiger partial charge in [-0.2, -0.15) is 0 Å². The molecule has 0 aliphatic carbocycles. The molecule has 0 aromatic heterocycles. The first-order chi connectivity index (χ1) is 7.39. The molecule has 1 aliphatic rings. The molecule has 0 saturated carbocycles. The predicted molar refractivity (Wildman–Crippen MR) is 62.5 cm³/mol. The fourth-order valence-electron chi connectivity index (χ4n) is 0.972. The van der Waals surface area contributed by atoms with Gasteiger partial charge in [0.25, 0.3) is 0 Å². The molecule has 1 heterocycles. The Labute approximate surface area is 92.2 Å². The van der Waals surface area contributed by atoms with E-state index in [1.54, 1.807) is 0 Å². The van der Waals surface area contributed by atoms with Crippen LogP contribution in [0, 0.1) is 47.4 Å². The second kappa shape index (κ2) is 7.59. The normalized spacial score (nSPS) is 16.1. The van der Waals surface area contributed by atoms with Crippen LogP contribution >= 0.6 is 0 Å². The average Bonchev–Trinajstić information content (AvgIpc) is 2.24. The average molecular weight is 195 g/mol. The molecular formula is C14H13N. The third-order valence-corrected chi connectivity index (χ3v) is 1.78. The van der Waals surface area contributed by atoms with E-state index in [1.807, 2.05) is 11.9 Å². The van der Waals surface area contributed by atoms with Crippen molar-refractivity contribution in [3.63, 3.8) is 0 Å². The van der Waals surface area contributed by atoms with Crippen LogP contribution in [0.4, 0.5) is 0 Å². The zero-order chi connectivity index (χ0) is 10.8. The minimum atomic E-state index is 0.705. The van der Waals surface area contributed by atoms with E-state index in [-0.39, 0.29) is 0 Å². The van der Waals surface area contributed by atoms with Gasteiger partial charge in [0.2, 0.25) is 0 Å². The fourth-order valence-corrected chi connectivity index (χ4v) is 0.972. The minimum Gasteiger partial charge on any atom is -0.284 e. The van der Waals surface area contributed by atoms with Crippen LogP contribution in [0.2, 0.25) is 0 Å². The summed E-state index contributed by atoms with van der Waals surface area (Å²) in [6.45, 7) is 1.41. The molecule has 0 bridgehead atoms. The van der Waals surface area contributed by atoms with Gasteiger partial charge in [0.1, 0.15) is 0 Å². The number of rotatable bonds is 0. The first-order valence-corrected chi connectivity index (χ1v) is 4.99. The van der Waals surface area contributed by atoms with Gasteiger partial charge in [-0.05, 0) is 37.2 Å². The molecule has 0 unspecified atom stereocenters. The lowest BCUT2D eigenvalue weighted by Gasteiger charge is -2.06. The Hall–Kier alpha value is -1.80. The molecule has 0 aromatic rings. The summed E-state index contributed by atoms with van der Waals surface area (Å²) >= 11 is 0. The maximum atomic E-state index is 3.01. The van der Waals surface area contributed by atoms with Crippen molar-refractivity contribution in [3.05, 3.63) is 0 Å². The molecule has 0 fully saturated rings. The quantitative estimate of drug-likeness (QED) is 0.523. The van der Waals surface area contributed by atoms with Crippen LogP contribution in [0.15, 0.2) is 0 Å². The summed E-state index contributed by atoms with van der Waals surface area (Å²) in [4.78, 5) is 2.04. The van der Waals surface area contributed by atoms with Crippen LogP contribution in [0.25, 0.3) is 0 Å². The molecule has 1 rings (SSSR count). The molecule has 74 valence electrons. The largest absolute Gasteiger partial charge is 0.284 e. The smallest absolute Gasteiger partial charge is 0.0617 e. The van der Waals surface area contributed by atoms with Crippen LogP contribution in [0.1, 0.15) is 19.3 Å². The Bertz CT molecular complexity index is 387. The molecule has 0 saturated heterocycles. The molecule has 0 spiro atoms. The van der Waals surface area contributed by atoms with Gasteiger partial charge in [-0.3, -0.25) is 4.90 Å². The highest BCUT2D eigenvalue weighted by molar-refractivity contribution is 5.28. The maximum Gasteiger partial charge on any atom is 0.0617 e. The molecular weight excluding hydrogens is 182 g/mol. The molecule has 15 heavy (non-hydrogen) atoms. The Balaban J connectivity index is 2.58. The van der Waals surface area contributed by atoms with Crippen molar-refractivity contribution in [1.29, 1.82) is 0 Å². The van der Waals surface area contributed by atoms with Gasteiger partial charge < -0.3 is 0 Å². The molecule has 1 nitrogen and oxygen atoms in total. The Kier molecular flexibility index (Phi) is 5.71. The summed E-state index contributed by atoms with van der Waals surface area (Å²) in [5.41, 5.74) is 0. The summed E-state index contributed by atoms with van der Waals surface area (Å²) < 4.78 is 0. The molecule has 0 radical (unpaired) electrons. The van der Waals surface area contributed by atoms with Gasteiger partial charge in [0.05, 0.1) is 13.1 Å². The van der Waals surface area contributed by atoms with Crippen molar-refractivity contribution in [2.45, 2.75) is 19.3 Å². The van der Waals surface area contributed by atoms with E-state index >= 15 is 0 Å². The zero-order valence-electron chi connectivity index (χ0n) is 8.98. The van der Waals surface area contributed by atoms with Gasteiger partial charge in [-0.15, -0.1) is 0 Å². The summed E-state index contributed by atoms with van der Waals surface area (Å²) in [6.07, 6.45) is 2.74. The van der Waals surface area contributed by atoms with E-state index in [9.17, 15) is 0 Å². The van der Waals surface area contributed by atoms with Crippen molar-refractivity contribution in [1.82, 2.24) is 4.90 Å². The van der Waals surface area contributed by atoms with Crippen molar-refractivity contribution in [3.8, 4) is 47.4 Å². The van der Waals surface area contributed by atoms with E-state index in [2.05, 4.69) is 47.4 Å². The minimum absolute atomic E-state index is 0.705. The molecule has 0 N–H and O–H groups in total. The molecule has 0 amide bonds. The van der Waals surface area contributed by atoms with Crippen molar-refractivity contribution < 1.29 is 0 Å². The highest BCUT2D eigenvalue weighted by Crippen LogP contribution is 1.90. The lowest BCUT2D eigenvalue weighted by Crippen LogP contribution is -2.18.